The molecule has 2 amide bonds. The second kappa shape index (κ2) is 5.87. The number of rotatable bonds is 4. The van der Waals surface area contributed by atoms with Crippen LogP contribution in [0.3, 0.4) is 0 Å². The third-order valence-corrected chi connectivity index (χ3v) is 1.86. The molecule has 4 N–H and O–H groups in total. The summed E-state index contributed by atoms with van der Waals surface area (Å²) in [6.45, 7) is 1.77. The predicted molar refractivity (Wildman–Crippen MR) is 63.0 cm³/mol. The summed E-state index contributed by atoms with van der Waals surface area (Å²) in [6, 6.07) is 6.89. The molecule has 0 aliphatic carbocycles. The summed E-state index contributed by atoms with van der Waals surface area (Å²) in [5.74, 6) is -0.241. The first-order valence-corrected chi connectivity index (χ1v) is 4.99. The fourth-order valence-electron chi connectivity index (χ4n) is 1.19. The summed E-state index contributed by atoms with van der Waals surface area (Å²) < 4.78 is 0. The second-order valence-corrected chi connectivity index (χ2v) is 3.35. The van der Waals surface area contributed by atoms with Gasteiger partial charge < -0.3 is 16.4 Å². The largest absolute Gasteiger partial charge is 0.330 e. The van der Waals surface area contributed by atoms with Crippen LogP contribution in [-0.2, 0) is 9.59 Å². The molecule has 1 aromatic rings. The minimum Gasteiger partial charge on any atom is -0.330 e. The summed E-state index contributed by atoms with van der Waals surface area (Å²) in [5.41, 5.74) is 6.64. The fourth-order valence-corrected chi connectivity index (χ4v) is 1.19. The summed E-state index contributed by atoms with van der Waals surface area (Å²) >= 11 is 0. The normalized spacial score (nSPS) is 9.62. The highest BCUT2D eigenvalue weighted by atomic mass is 16.2. The van der Waals surface area contributed by atoms with Crippen LogP contribution in [-0.4, -0.2) is 18.4 Å². The molecular formula is C11H15N3O2. The van der Waals surface area contributed by atoms with E-state index in [1.165, 1.54) is 6.92 Å². The summed E-state index contributed by atoms with van der Waals surface area (Å²) in [5, 5.41) is 5.33. The van der Waals surface area contributed by atoms with Crippen molar-refractivity contribution in [1.82, 2.24) is 0 Å². The van der Waals surface area contributed by atoms with Crippen molar-refractivity contribution in [2.45, 2.75) is 13.3 Å². The lowest BCUT2D eigenvalue weighted by atomic mass is 10.2. The van der Waals surface area contributed by atoms with Crippen molar-refractivity contribution in [3.8, 4) is 0 Å². The van der Waals surface area contributed by atoms with Gasteiger partial charge in [-0.1, -0.05) is 0 Å². The minimum atomic E-state index is -0.125. The van der Waals surface area contributed by atoms with Crippen LogP contribution in [0, 0.1) is 0 Å². The first-order chi connectivity index (χ1) is 7.61. The van der Waals surface area contributed by atoms with Crippen LogP contribution < -0.4 is 16.4 Å². The Kier molecular flexibility index (Phi) is 4.47. The number of carbonyl (C=O) groups is 2. The van der Waals surface area contributed by atoms with Gasteiger partial charge in [-0.3, -0.25) is 9.59 Å². The molecule has 1 rings (SSSR count). The Labute approximate surface area is 94.0 Å². The van der Waals surface area contributed by atoms with Gasteiger partial charge in [-0.05, 0) is 24.3 Å². The average Bonchev–Trinajstić information content (AvgIpc) is 2.20. The average molecular weight is 221 g/mol. The van der Waals surface area contributed by atoms with E-state index in [2.05, 4.69) is 10.6 Å². The van der Waals surface area contributed by atoms with Crippen LogP contribution in [0.2, 0.25) is 0 Å². The van der Waals surface area contributed by atoms with Crippen molar-refractivity contribution in [2.75, 3.05) is 17.2 Å². The lowest BCUT2D eigenvalue weighted by Crippen LogP contribution is -2.16. The van der Waals surface area contributed by atoms with Gasteiger partial charge in [-0.2, -0.15) is 0 Å². The van der Waals surface area contributed by atoms with E-state index in [1.54, 1.807) is 24.3 Å². The molecule has 0 aliphatic heterocycles. The van der Waals surface area contributed by atoms with Crippen LogP contribution in [0.1, 0.15) is 13.3 Å². The highest BCUT2D eigenvalue weighted by Crippen LogP contribution is 2.13. The van der Waals surface area contributed by atoms with Gasteiger partial charge in [-0.25, -0.2) is 0 Å². The maximum Gasteiger partial charge on any atom is 0.225 e. The van der Waals surface area contributed by atoms with Crippen molar-refractivity contribution in [3.63, 3.8) is 0 Å². The first-order valence-electron chi connectivity index (χ1n) is 4.99. The van der Waals surface area contributed by atoms with Crippen molar-refractivity contribution in [2.24, 2.45) is 5.73 Å². The molecule has 5 nitrogen and oxygen atoms in total. The van der Waals surface area contributed by atoms with E-state index < -0.39 is 0 Å². The van der Waals surface area contributed by atoms with Gasteiger partial charge in [0, 0.05) is 31.3 Å². The zero-order chi connectivity index (χ0) is 12.0. The van der Waals surface area contributed by atoms with Crippen molar-refractivity contribution in [1.29, 1.82) is 0 Å². The van der Waals surface area contributed by atoms with Crippen molar-refractivity contribution < 1.29 is 9.59 Å². The second-order valence-electron chi connectivity index (χ2n) is 3.35. The fraction of sp³-hybridized carbons (Fsp3) is 0.273. The molecule has 0 saturated carbocycles. The minimum absolute atomic E-state index is 0.116. The highest BCUT2D eigenvalue weighted by Gasteiger charge is 2.01. The van der Waals surface area contributed by atoms with E-state index in [4.69, 9.17) is 5.73 Å². The van der Waals surface area contributed by atoms with E-state index in [-0.39, 0.29) is 11.8 Å². The zero-order valence-corrected chi connectivity index (χ0v) is 9.12. The number of hydrogen-bond acceptors (Lipinski definition) is 3. The third kappa shape index (κ3) is 4.10. The quantitative estimate of drug-likeness (QED) is 0.707. The Bertz CT molecular complexity index is 373. The van der Waals surface area contributed by atoms with Crippen LogP contribution in [0.25, 0.3) is 0 Å². The number of nitrogens with two attached hydrogens (primary N) is 1. The molecule has 0 bridgehead atoms. The van der Waals surface area contributed by atoms with Crippen LogP contribution in [0.5, 0.6) is 0 Å². The number of anilines is 2. The molecule has 0 radical (unpaired) electrons. The smallest absolute Gasteiger partial charge is 0.225 e. The van der Waals surface area contributed by atoms with E-state index in [9.17, 15) is 9.59 Å². The molecule has 0 heterocycles. The van der Waals surface area contributed by atoms with Gasteiger partial charge in [0.05, 0.1) is 0 Å². The van der Waals surface area contributed by atoms with E-state index >= 15 is 0 Å². The molecule has 5 heteroatoms. The van der Waals surface area contributed by atoms with Gasteiger partial charge in [0.1, 0.15) is 0 Å². The molecule has 0 aromatic heterocycles. The Morgan fingerprint density at radius 2 is 1.62 bits per heavy atom. The zero-order valence-electron chi connectivity index (χ0n) is 9.12. The Morgan fingerprint density at radius 1 is 1.12 bits per heavy atom. The molecular weight excluding hydrogens is 206 g/mol. The molecule has 0 saturated heterocycles. The lowest BCUT2D eigenvalue weighted by molar-refractivity contribution is -0.116. The number of nitrogens with one attached hydrogen (secondary N) is 2. The first kappa shape index (κ1) is 12.2. The van der Waals surface area contributed by atoms with Crippen molar-refractivity contribution >= 4 is 23.2 Å². The van der Waals surface area contributed by atoms with E-state index in [0.717, 1.165) is 0 Å². The van der Waals surface area contributed by atoms with Crippen molar-refractivity contribution in [3.05, 3.63) is 24.3 Å². The maximum atomic E-state index is 11.2. The van der Waals surface area contributed by atoms with Crippen LogP contribution >= 0.6 is 0 Å². The molecule has 86 valence electrons. The Morgan fingerprint density at radius 3 is 2.06 bits per heavy atom. The molecule has 0 spiro atoms. The van der Waals surface area contributed by atoms with Gasteiger partial charge in [-0.15, -0.1) is 0 Å². The molecule has 0 unspecified atom stereocenters. The molecule has 0 aliphatic rings. The molecule has 16 heavy (non-hydrogen) atoms. The molecule has 1 aromatic carbocycles. The van der Waals surface area contributed by atoms with Gasteiger partial charge >= 0.3 is 0 Å². The topological polar surface area (TPSA) is 84.2 Å². The monoisotopic (exact) mass is 221 g/mol. The predicted octanol–water partition coefficient (Wildman–Crippen LogP) is 0.932. The number of benzene rings is 1. The number of hydrogen-bond donors (Lipinski definition) is 3. The Balaban J connectivity index is 2.57. The standard InChI is InChI=1S/C11H15N3O2/c1-8(15)13-9-2-4-10(5-3-9)14-11(16)6-7-12/h2-5H,6-7,12H2,1H3,(H,13,15)(H,14,16). The molecule has 0 fully saturated rings. The SMILES string of the molecule is CC(=O)Nc1ccc(NC(=O)CCN)cc1. The third-order valence-electron chi connectivity index (χ3n) is 1.86. The van der Waals surface area contributed by atoms with Crippen LogP contribution in [0.15, 0.2) is 24.3 Å². The lowest BCUT2D eigenvalue weighted by Gasteiger charge is -2.06. The number of carbonyl (C=O) groups excluding carboxylic acids is 2. The number of amides is 2. The van der Waals surface area contributed by atoms with E-state index in [0.29, 0.717) is 24.3 Å². The van der Waals surface area contributed by atoms with E-state index in [1.807, 2.05) is 0 Å². The Hall–Kier alpha value is -1.88. The van der Waals surface area contributed by atoms with Gasteiger partial charge in [0.15, 0.2) is 0 Å². The summed E-state index contributed by atoms with van der Waals surface area (Å²) in [6.07, 6.45) is 0.299. The van der Waals surface area contributed by atoms with Crippen LogP contribution in [0.4, 0.5) is 11.4 Å². The maximum absolute atomic E-state index is 11.2. The molecule has 0 atom stereocenters. The van der Waals surface area contributed by atoms with Gasteiger partial charge in [0.2, 0.25) is 11.8 Å². The summed E-state index contributed by atoms with van der Waals surface area (Å²) in [4.78, 5) is 22.0. The summed E-state index contributed by atoms with van der Waals surface area (Å²) in [7, 11) is 0. The van der Waals surface area contributed by atoms with Gasteiger partial charge in [0.25, 0.3) is 0 Å². The highest BCUT2D eigenvalue weighted by molar-refractivity contribution is 5.92.